The molecule has 0 aromatic heterocycles. The van der Waals surface area contributed by atoms with Crippen molar-refractivity contribution in [2.75, 3.05) is 14.2 Å². The first-order chi connectivity index (χ1) is 6.65. The van der Waals surface area contributed by atoms with Crippen LogP contribution < -0.4 is 0 Å². The fourth-order valence-electron chi connectivity index (χ4n) is 2.68. The van der Waals surface area contributed by atoms with E-state index < -0.39 is 5.92 Å². The number of hydrogen-bond donors (Lipinski definition) is 0. The number of methoxy groups -OCH3 is 1. The van der Waals surface area contributed by atoms with E-state index >= 15 is 0 Å². The molecule has 2 aliphatic heterocycles. The highest BCUT2D eigenvalue weighted by Gasteiger charge is 2.48. The Balaban J connectivity index is 2.22. The summed E-state index contributed by atoms with van der Waals surface area (Å²) in [7, 11) is 3.33. The van der Waals surface area contributed by atoms with Gasteiger partial charge in [0.2, 0.25) is 0 Å². The number of piperidine rings is 1. The summed E-state index contributed by atoms with van der Waals surface area (Å²) in [6.45, 7) is 0. The fourth-order valence-corrected chi connectivity index (χ4v) is 2.68. The molecule has 0 aliphatic carbocycles. The van der Waals surface area contributed by atoms with Gasteiger partial charge in [0.25, 0.3) is 0 Å². The quantitative estimate of drug-likeness (QED) is 0.445. The molecule has 2 rings (SSSR count). The van der Waals surface area contributed by atoms with E-state index in [1.807, 2.05) is 7.05 Å². The second kappa shape index (κ2) is 3.35. The highest BCUT2D eigenvalue weighted by molar-refractivity contribution is 6.00. The van der Waals surface area contributed by atoms with Crippen molar-refractivity contribution in [3.05, 3.63) is 0 Å². The Morgan fingerprint density at radius 3 is 2.86 bits per heavy atom. The van der Waals surface area contributed by atoms with Crippen molar-refractivity contribution in [2.45, 2.75) is 31.3 Å². The lowest BCUT2D eigenvalue weighted by molar-refractivity contribution is -0.154. The number of carbonyl (C=O) groups excluding carboxylic acids is 2. The van der Waals surface area contributed by atoms with Gasteiger partial charge in [-0.05, 0) is 19.9 Å². The van der Waals surface area contributed by atoms with Crippen LogP contribution >= 0.6 is 0 Å². The first kappa shape index (κ1) is 9.65. The van der Waals surface area contributed by atoms with Crippen molar-refractivity contribution in [2.24, 2.45) is 5.92 Å². The molecule has 14 heavy (non-hydrogen) atoms. The smallest absolute Gasteiger partial charge is 0.317 e. The van der Waals surface area contributed by atoms with Crippen LogP contribution in [-0.4, -0.2) is 42.9 Å². The Morgan fingerprint density at radius 2 is 2.21 bits per heavy atom. The van der Waals surface area contributed by atoms with E-state index in [9.17, 15) is 9.59 Å². The third kappa shape index (κ3) is 1.25. The number of ether oxygens (including phenoxy) is 1. The molecule has 0 aromatic carbocycles. The molecular formula is C10H15NO3. The summed E-state index contributed by atoms with van der Waals surface area (Å²) in [6, 6.07) is 0.433. The topological polar surface area (TPSA) is 46.6 Å². The molecule has 78 valence electrons. The summed E-state index contributed by atoms with van der Waals surface area (Å²) < 4.78 is 4.67. The van der Waals surface area contributed by atoms with Crippen LogP contribution in [0.2, 0.25) is 0 Å². The molecular weight excluding hydrogens is 182 g/mol. The van der Waals surface area contributed by atoms with E-state index in [1.165, 1.54) is 7.11 Å². The Bertz CT molecular complexity index is 277. The molecule has 0 radical (unpaired) electrons. The second-order valence-electron chi connectivity index (χ2n) is 4.14. The standard InChI is InChI=1S/C10H15NO3/c1-11-6-3-4-7(11)9(8(12)5-6)10(13)14-2/h6-7,9H,3-5H2,1-2H3/t6-,7+,9+/m1/s1. The second-order valence-corrected chi connectivity index (χ2v) is 4.14. The molecule has 0 unspecified atom stereocenters. The zero-order chi connectivity index (χ0) is 10.3. The number of hydrogen-bond acceptors (Lipinski definition) is 4. The van der Waals surface area contributed by atoms with Crippen LogP contribution in [0.1, 0.15) is 19.3 Å². The number of rotatable bonds is 1. The van der Waals surface area contributed by atoms with Crippen molar-refractivity contribution in [1.29, 1.82) is 0 Å². The molecule has 4 nitrogen and oxygen atoms in total. The predicted octanol–water partition coefficient (Wildman–Crippen LogP) is 0.211. The Labute approximate surface area is 83.2 Å². The minimum atomic E-state index is -0.538. The number of carbonyl (C=O) groups is 2. The van der Waals surface area contributed by atoms with Crippen molar-refractivity contribution >= 4 is 11.8 Å². The monoisotopic (exact) mass is 197 g/mol. The SMILES string of the molecule is COC(=O)[C@@H]1C(=O)C[C@H]2CC[C@@H]1N2C. The normalized spacial score (nSPS) is 37.3. The van der Waals surface area contributed by atoms with E-state index in [1.54, 1.807) is 0 Å². The van der Waals surface area contributed by atoms with E-state index in [0.29, 0.717) is 12.5 Å². The van der Waals surface area contributed by atoms with Gasteiger partial charge < -0.3 is 4.74 Å². The molecule has 0 saturated carbocycles. The minimum Gasteiger partial charge on any atom is -0.468 e. The molecule has 4 heteroatoms. The van der Waals surface area contributed by atoms with Gasteiger partial charge in [-0.2, -0.15) is 0 Å². The molecule has 3 atom stereocenters. The molecule has 0 spiro atoms. The first-order valence-electron chi connectivity index (χ1n) is 4.97. The summed E-state index contributed by atoms with van der Waals surface area (Å²) in [5.41, 5.74) is 0. The Hall–Kier alpha value is -0.900. The van der Waals surface area contributed by atoms with Crippen molar-refractivity contribution in [3.8, 4) is 0 Å². The van der Waals surface area contributed by atoms with E-state index in [2.05, 4.69) is 9.64 Å². The summed E-state index contributed by atoms with van der Waals surface area (Å²) in [4.78, 5) is 25.3. The van der Waals surface area contributed by atoms with Crippen LogP contribution in [0.25, 0.3) is 0 Å². The molecule has 0 aromatic rings. The average Bonchev–Trinajstić information content (AvgIpc) is 2.42. The maximum absolute atomic E-state index is 11.7. The lowest BCUT2D eigenvalue weighted by Crippen LogP contribution is -2.50. The van der Waals surface area contributed by atoms with Crippen LogP contribution in [0.15, 0.2) is 0 Å². The average molecular weight is 197 g/mol. The molecule has 2 bridgehead atoms. The number of Topliss-reactive ketones (excluding diaryl/α,β-unsaturated/α-hetero) is 1. The van der Waals surface area contributed by atoms with Gasteiger partial charge in [-0.25, -0.2) is 0 Å². The highest BCUT2D eigenvalue weighted by atomic mass is 16.5. The lowest BCUT2D eigenvalue weighted by atomic mass is 9.89. The molecule has 0 N–H and O–H groups in total. The maximum Gasteiger partial charge on any atom is 0.317 e. The molecule has 2 aliphatic rings. The number of fused-ring (bicyclic) bond motifs is 2. The highest BCUT2D eigenvalue weighted by Crippen LogP contribution is 2.36. The summed E-state index contributed by atoms with van der Waals surface area (Å²) in [6.07, 6.45) is 2.47. The molecule has 0 amide bonds. The Kier molecular flexibility index (Phi) is 2.31. The molecule has 2 saturated heterocycles. The van der Waals surface area contributed by atoms with Gasteiger partial charge in [-0.15, -0.1) is 0 Å². The van der Waals surface area contributed by atoms with Crippen molar-refractivity contribution in [1.82, 2.24) is 4.90 Å². The predicted molar refractivity (Wildman–Crippen MR) is 49.7 cm³/mol. The summed E-state index contributed by atoms with van der Waals surface area (Å²) >= 11 is 0. The van der Waals surface area contributed by atoms with E-state index in [4.69, 9.17) is 0 Å². The van der Waals surface area contributed by atoms with Gasteiger partial charge in [0, 0.05) is 18.5 Å². The number of nitrogens with zero attached hydrogens (tertiary/aromatic N) is 1. The first-order valence-corrected chi connectivity index (χ1v) is 4.97. The van der Waals surface area contributed by atoms with Crippen LogP contribution in [0.4, 0.5) is 0 Å². The largest absolute Gasteiger partial charge is 0.468 e. The summed E-state index contributed by atoms with van der Waals surface area (Å²) in [5.74, 6) is -0.849. The van der Waals surface area contributed by atoms with Crippen LogP contribution in [0.3, 0.4) is 0 Å². The van der Waals surface area contributed by atoms with Crippen LogP contribution in [0.5, 0.6) is 0 Å². The van der Waals surface area contributed by atoms with Crippen molar-refractivity contribution in [3.63, 3.8) is 0 Å². The van der Waals surface area contributed by atoms with Gasteiger partial charge in [0.05, 0.1) is 7.11 Å². The molecule has 2 fully saturated rings. The van der Waals surface area contributed by atoms with Crippen molar-refractivity contribution < 1.29 is 14.3 Å². The summed E-state index contributed by atoms with van der Waals surface area (Å²) in [5, 5.41) is 0. The van der Waals surface area contributed by atoms with E-state index in [-0.39, 0.29) is 17.8 Å². The number of ketones is 1. The zero-order valence-corrected chi connectivity index (χ0v) is 8.53. The Morgan fingerprint density at radius 1 is 1.50 bits per heavy atom. The van der Waals surface area contributed by atoms with Gasteiger partial charge in [-0.3, -0.25) is 14.5 Å². The minimum absolute atomic E-state index is 0.0578. The van der Waals surface area contributed by atoms with Gasteiger partial charge >= 0.3 is 5.97 Å². The zero-order valence-electron chi connectivity index (χ0n) is 8.53. The fraction of sp³-hybridized carbons (Fsp3) is 0.800. The van der Waals surface area contributed by atoms with Gasteiger partial charge in [0.1, 0.15) is 11.7 Å². The maximum atomic E-state index is 11.7. The third-order valence-electron chi connectivity index (χ3n) is 3.52. The van der Waals surface area contributed by atoms with Crippen LogP contribution in [-0.2, 0) is 14.3 Å². The van der Waals surface area contributed by atoms with E-state index in [0.717, 1.165) is 12.8 Å². The third-order valence-corrected chi connectivity index (χ3v) is 3.52. The van der Waals surface area contributed by atoms with Gasteiger partial charge in [0.15, 0.2) is 0 Å². The lowest BCUT2D eigenvalue weighted by Gasteiger charge is -2.34. The number of esters is 1. The molecule has 2 heterocycles. The van der Waals surface area contributed by atoms with Gasteiger partial charge in [-0.1, -0.05) is 0 Å². The van der Waals surface area contributed by atoms with Crippen LogP contribution in [0, 0.1) is 5.92 Å².